The highest BCUT2D eigenvalue weighted by Crippen LogP contribution is 2.32. The van der Waals surface area contributed by atoms with Crippen LogP contribution in [0.15, 0.2) is 48.5 Å². The number of carbonyl (C=O) groups is 2. The SMILES string of the molecule is CCOC(=O)c1[nH]c2cc(Cl)ccc2c1C(NCc1ccccc1)C(=O)NC1CCCCC1. The number of rotatable bonds is 8. The van der Waals surface area contributed by atoms with Crippen LogP contribution in [0, 0.1) is 0 Å². The van der Waals surface area contributed by atoms with E-state index in [2.05, 4.69) is 15.6 Å². The summed E-state index contributed by atoms with van der Waals surface area (Å²) in [6.45, 7) is 2.48. The summed E-state index contributed by atoms with van der Waals surface area (Å²) in [5, 5.41) is 7.94. The monoisotopic (exact) mass is 467 g/mol. The molecule has 0 spiro atoms. The number of halogens is 1. The van der Waals surface area contributed by atoms with E-state index in [0.717, 1.165) is 36.6 Å². The largest absolute Gasteiger partial charge is 0.461 e. The number of esters is 1. The molecular weight excluding hydrogens is 438 g/mol. The lowest BCUT2D eigenvalue weighted by Crippen LogP contribution is -2.43. The summed E-state index contributed by atoms with van der Waals surface area (Å²) in [5.74, 6) is -0.629. The zero-order valence-electron chi connectivity index (χ0n) is 18.8. The molecule has 1 unspecified atom stereocenters. The molecule has 0 radical (unpaired) electrons. The average Bonchev–Trinajstić information content (AvgIpc) is 3.19. The molecule has 33 heavy (non-hydrogen) atoms. The second kappa shape index (κ2) is 10.9. The molecule has 0 aliphatic heterocycles. The minimum atomic E-state index is -0.735. The lowest BCUT2D eigenvalue weighted by Gasteiger charge is -2.26. The summed E-state index contributed by atoms with van der Waals surface area (Å²) in [6.07, 6.45) is 5.40. The molecule has 4 rings (SSSR count). The van der Waals surface area contributed by atoms with E-state index in [0.29, 0.717) is 22.6 Å². The van der Waals surface area contributed by atoms with Crippen molar-refractivity contribution in [1.29, 1.82) is 0 Å². The standard InChI is InChI=1S/C26H30ClN3O3/c1-2-33-26(32)24-22(20-14-13-18(27)15-21(20)30-24)23(28-16-17-9-5-3-6-10-17)25(31)29-19-11-7-4-8-12-19/h3,5-6,9-10,13-15,19,23,28,30H,2,4,7-8,11-12,16H2,1H3,(H,29,31). The lowest BCUT2D eigenvalue weighted by atomic mass is 9.94. The first kappa shape index (κ1) is 23.3. The van der Waals surface area contributed by atoms with Gasteiger partial charge < -0.3 is 15.0 Å². The van der Waals surface area contributed by atoms with Crippen LogP contribution in [-0.2, 0) is 16.1 Å². The van der Waals surface area contributed by atoms with Crippen molar-refractivity contribution in [1.82, 2.24) is 15.6 Å². The van der Waals surface area contributed by atoms with Crippen LogP contribution in [0.2, 0.25) is 5.02 Å². The van der Waals surface area contributed by atoms with Crippen LogP contribution in [0.25, 0.3) is 10.9 Å². The molecule has 3 N–H and O–H groups in total. The van der Waals surface area contributed by atoms with E-state index in [1.807, 2.05) is 36.4 Å². The molecule has 0 saturated heterocycles. The molecular formula is C26H30ClN3O3. The Hall–Kier alpha value is -2.83. The number of hydrogen-bond acceptors (Lipinski definition) is 4. The fraction of sp³-hybridized carbons (Fsp3) is 0.385. The molecule has 1 aliphatic carbocycles. The van der Waals surface area contributed by atoms with Gasteiger partial charge in [-0.2, -0.15) is 0 Å². The molecule has 0 bridgehead atoms. The maximum Gasteiger partial charge on any atom is 0.355 e. The number of nitrogens with one attached hydrogen (secondary N) is 3. The Morgan fingerprint density at radius 3 is 2.61 bits per heavy atom. The van der Waals surface area contributed by atoms with Gasteiger partial charge in [-0.05, 0) is 37.5 Å². The van der Waals surface area contributed by atoms with E-state index >= 15 is 0 Å². The van der Waals surface area contributed by atoms with Gasteiger partial charge in [0.2, 0.25) is 5.91 Å². The quantitative estimate of drug-likeness (QED) is 0.394. The molecule has 1 aliphatic rings. The average molecular weight is 468 g/mol. The van der Waals surface area contributed by atoms with Gasteiger partial charge in [-0.1, -0.05) is 67.3 Å². The van der Waals surface area contributed by atoms with Crippen LogP contribution in [-0.4, -0.2) is 29.5 Å². The van der Waals surface area contributed by atoms with Gasteiger partial charge in [0.05, 0.1) is 6.61 Å². The number of benzene rings is 2. The van der Waals surface area contributed by atoms with Crippen LogP contribution in [0.5, 0.6) is 0 Å². The first-order valence-electron chi connectivity index (χ1n) is 11.6. The van der Waals surface area contributed by atoms with Crippen molar-refractivity contribution in [2.24, 2.45) is 0 Å². The molecule has 174 valence electrons. The molecule has 1 saturated carbocycles. The third-order valence-corrected chi connectivity index (χ3v) is 6.37. The Morgan fingerprint density at radius 1 is 1.12 bits per heavy atom. The fourth-order valence-corrected chi connectivity index (χ4v) is 4.70. The van der Waals surface area contributed by atoms with Crippen molar-refractivity contribution >= 4 is 34.4 Å². The van der Waals surface area contributed by atoms with Crippen LogP contribution >= 0.6 is 11.6 Å². The topological polar surface area (TPSA) is 83.2 Å². The van der Waals surface area contributed by atoms with Crippen molar-refractivity contribution in [2.75, 3.05) is 6.61 Å². The minimum absolute atomic E-state index is 0.140. The van der Waals surface area contributed by atoms with E-state index in [9.17, 15) is 9.59 Å². The zero-order chi connectivity index (χ0) is 23.2. The Bertz CT molecular complexity index is 1110. The van der Waals surface area contributed by atoms with Crippen LogP contribution in [0.1, 0.15) is 66.7 Å². The fourth-order valence-electron chi connectivity index (χ4n) is 4.53. The molecule has 2 aromatic carbocycles. The van der Waals surface area contributed by atoms with Gasteiger partial charge >= 0.3 is 5.97 Å². The number of H-pyrrole nitrogens is 1. The van der Waals surface area contributed by atoms with Crippen LogP contribution < -0.4 is 10.6 Å². The molecule has 1 fully saturated rings. The van der Waals surface area contributed by atoms with E-state index in [4.69, 9.17) is 16.3 Å². The molecule has 1 amide bonds. The number of amides is 1. The Kier molecular flexibility index (Phi) is 7.68. The van der Waals surface area contributed by atoms with Gasteiger partial charge in [0.1, 0.15) is 11.7 Å². The molecule has 6 nitrogen and oxygen atoms in total. The highest BCUT2D eigenvalue weighted by atomic mass is 35.5. The number of aromatic amines is 1. The predicted molar refractivity (Wildman–Crippen MR) is 130 cm³/mol. The van der Waals surface area contributed by atoms with Crippen molar-refractivity contribution in [3.8, 4) is 0 Å². The third kappa shape index (κ3) is 5.57. The summed E-state index contributed by atoms with van der Waals surface area (Å²) in [6, 6.07) is 14.7. The lowest BCUT2D eigenvalue weighted by molar-refractivity contribution is -0.124. The van der Waals surface area contributed by atoms with Gasteiger partial charge in [0, 0.05) is 34.1 Å². The first-order chi connectivity index (χ1) is 16.1. The second-order valence-electron chi connectivity index (χ2n) is 8.47. The van der Waals surface area contributed by atoms with E-state index < -0.39 is 12.0 Å². The van der Waals surface area contributed by atoms with Crippen molar-refractivity contribution < 1.29 is 14.3 Å². The second-order valence-corrected chi connectivity index (χ2v) is 8.90. The Morgan fingerprint density at radius 2 is 1.88 bits per heavy atom. The highest BCUT2D eigenvalue weighted by Gasteiger charge is 2.31. The number of ether oxygens (including phenoxy) is 1. The number of fused-ring (bicyclic) bond motifs is 1. The molecule has 1 heterocycles. The zero-order valence-corrected chi connectivity index (χ0v) is 19.6. The molecule has 7 heteroatoms. The van der Waals surface area contributed by atoms with Gasteiger partial charge in [0.15, 0.2) is 0 Å². The summed E-state index contributed by atoms with van der Waals surface area (Å²) < 4.78 is 5.31. The van der Waals surface area contributed by atoms with E-state index in [1.165, 1.54) is 6.42 Å². The van der Waals surface area contributed by atoms with Gasteiger partial charge in [-0.15, -0.1) is 0 Å². The maximum absolute atomic E-state index is 13.6. The van der Waals surface area contributed by atoms with Crippen molar-refractivity contribution in [2.45, 2.75) is 57.7 Å². The summed E-state index contributed by atoms with van der Waals surface area (Å²) in [4.78, 5) is 29.6. The molecule has 1 atom stereocenters. The van der Waals surface area contributed by atoms with Gasteiger partial charge in [-0.25, -0.2) is 4.79 Å². The first-order valence-corrected chi connectivity index (χ1v) is 12.0. The number of aromatic nitrogens is 1. The van der Waals surface area contributed by atoms with Gasteiger partial charge in [-0.3, -0.25) is 10.1 Å². The highest BCUT2D eigenvalue weighted by molar-refractivity contribution is 6.31. The van der Waals surface area contributed by atoms with Crippen molar-refractivity contribution in [3.63, 3.8) is 0 Å². The summed E-state index contributed by atoms with van der Waals surface area (Å²) in [5.41, 5.74) is 2.61. The smallest absolute Gasteiger partial charge is 0.355 e. The van der Waals surface area contributed by atoms with Crippen molar-refractivity contribution in [3.05, 3.63) is 70.4 Å². The number of hydrogen-bond donors (Lipinski definition) is 3. The third-order valence-electron chi connectivity index (χ3n) is 6.14. The summed E-state index contributed by atoms with van der Waals surface area (Å²) in [7, 11) is 0. The predicted octanol–water partition coefficient (Wildman–Crippen LogP) is 5.28. The maximum atomic E-state index is 13.6. The Balaban J connectivity index is 1.73. The van der Waals surface area contributed by atoms with Crippen LogP contribution in [0.4, 0.5) is 0 Å². The Labute approximate surface area is 199 Å². The van der Waals surface area contributed by atoms with E-state index in [-0.39, 0.29) is 24.2 Å². The molecule has 1 aromatic heterocycles. The van der Waals surface area contributed by atoms with Crippen LogP contribution in [0.3, 0.4) is 0 Å². The van der Waals surface area contributed by atoms with Gasteiger partial charge in [0.25, 0.3) is 0 Å². The normalized spacial score (nSPS) is 15.3. The minimum Gasteiger partial charge on any atom is -0.461 e. The van der Waals surface area contributed by atoms with E-state index in [1.54, 1.807) is 19.1 Å². The number of carbonyl (C=O) groups excluding carboxylic acids is 2. The summed E-state index contributed by atoms with van der Waals surface area (Å²) >= 11 is 6.20. The molecule has 3 aromatic rings.